The van der Waals surface area contributed by atoms with Crippen molar-refractivity contribution in [3.8, 4) is 5.75 Å². The number of esters is 1. The zero-order valence-electron chi connectivity index (χ0n) is 7.42. The van der Waals surface area contributed by atoms with E-state index in [2.05, 4.69) is 20.7 Å². The number of methoxy groups -OCH3 is 1. The molecule has 5 heteroatoms. The lowest BCUT2D eigenvalue weighted by molar-refractivity contribution is -0.138. The number of hydrogen-bond donors (Lipinski definition) is 0. The molecule has 0 fully saturated rings. The fraction of sp³-hybridized carbons (Fsp3) is 0.222. The molecule has 0 N–H and O–H groups in total. The number of ether oxygens (including phenoxy) is 2. The quantitative estimate of drug-likeness (QED) is 0.630. The van der Waals surface area contributed by atoms with Gasteiger partial charge in [-0.25, -0.2) is 4.79 Å². The van der Waals surface area contributed by atoms with E-state index in [1.807, 2.05) is 0 Å². The molecule has 0 saturated carbocycles. The summed E-state index contributed by atoms with van der Waals surface area (Å²) in [7, 11) is 1.42. The van der Waals surface area contributed by atoms with E-state index in [4.69, 9.17) is 16.3 Å². The van der Waals surface area contributed by atoms with Gasteiger partial charge in [-0.15, -0.1) is 0 Å². The van der Waals surface area contributed by atoms with Crippen molar-refractivity contribution in [3.05, 3.63) is 27.7 Å². The minimum Gasteiger partial charge on any atom is -0.424 e. The highest BCUT2D eigenvalue weighted by Crippen LogP contribution is 2.28. The predicted octanol–water partition coefficient (Wildman–Crippen LogP) is 2.65. The lowest BCUT2D eigenvalue weighted by Gasteiger charge is -2.05. The molecule has 0 atom stereocenters. The van der Waals surface area contributed by atoms with Gasteiger partial charge in [0, 0.05) is 18.2 Å². The molecule has 0 heterocycles. The van der Waals surface area contributed by atoms with Crippen molar-refractivity contribution < 1.29 is 14.3 Å². The first-order valence-corrected chi connectivity index (χ1v) is 4.95. The molecule has 0 radical (unpaired) electrons. The van der Waals surface area contributed by atoms with Gasteiger partial charge < -0.3 is 9.47 Å². The van der Waals surface area contributed by atoms with E-state index in [0.717, 1.165) is 0 Å². The highest BCUT2D eigenvalue weighted by molar-refractivity contribution is 9.10. The second-order valence-corrected chi connectivity index (χ2v) is 3.77. The van der Waals surface area contributed by atoms with Crippen molar-refractivity contribution >= 4 is 33.5 Å². The Bertz CT molecular complexity index is 341. The monoisotopic (exact) mass is 278 g/mol. The Hall–Kier alpha value is -0.580. The van der Waals surface area contributed by atoms with E-state index in [1.54, 1.807) is 18.2 Å². The van der Waals surface area contributed by atoms with Crippen LogP contribution in [0.1, 0.15) is 0 Å². The van der Waals surface area contributed by atoms with Crippen LogP contribution in [0.15, 0.2) is 22.7 Å². The number of carbonyl (C=O) groups is 1. The molecule has 1 aromatic carbocycles. The standard InChI is InChI=1S/C9H8BrClO3/c1-13-5-9(12)14-8-4-6(11)2-3-7(8)10/h2-4H,5H2,1H3. The van der Waals surface area contributed by atoms with Crippen LogP contribution in [0.4, 0.5) is 0 Å². The number of halogens is 2. The van der Waals surface area contributed by atoms with E-state index >= 15 is 0 Å². The summed E-state index contributed by atoms with van der Waals surface area (Å²) in [6.45, 7) is -0.0844. The van der Waals surface area contributed by atoms with Gasteiger partial charge in [-0.05, 0) is 28.1 Å². The van der Waals surface area contributed by atoms with E-state index in [1.165, 1.54) is 7.11 Å². The molecule has 76 valence electrons. The summed E-state index contributed by atoms with van der Waals surface area (Å²) >= 11 is 8.97. The Balaban J connectivity index is 2.75. The third-order valence-electron chi connectivity index (χ3n) is 1.38. The smallest absolute Gasteiger partial charge is 0.337 e. The fourth-order valence-corrected chi connectivity index (χ4v) is 1.32. The predicted molar refractivity (Wildman–Crippen MR) is 56.7 cm³/mol. The summed E-state index contributed by atoms with van der Waals surface area (Å²) < 4.78 is 10.3. The average Bonchev–Trinajstić information content (AvgIpc) is 2.12. The first kappa shape index (κ1) is 11.5. The van der Waals surface area contributed by atoms with Crippen molar-refractivity contribution in [1.29, 1.82) is 0 Å². The molecular formula is C9H8BrClO3. The maximum atomic E-state index is 11.1. The first-order chi connectivity index (χ1) is 6.63. The minimum atomic E-state index is -0.463. The SMILES string of the molecule is COCC(=O)Oc1cc(Cl)ccc1Br. The molecule has 14 heavy (non-hydrogen) atoms. The van der Waals surface area contributed by atoms with Crippen molar-refractivity contribution in [3.63, 3.8) is 0 Å². The molecule has 1 rings (SSSR count). The highest BCUT2D eigenvalue weighted by atomic mass is 79.9. The van der Waals surface area contributed by atoms with Gasteiger partial charge in [0.15, 0.2) is 0 Å². The Labute approximate surface area is 95.1 Å². The molecule has 0 spiro atoms. The van der Waals surface area contributed by atoms with Gasteiger partial charge in [0.05, 0.1) is 4.47 Å². The van der Waals surface area contributed by atoms with E-state index in [-0.39, 0.29) is 6.61 Å². The summed E-state index contributed by atoms with van der Waals surface area (Å²) in [5.74, 6) is -0.0741. The van der Waals surface area contributed by atoms with Crippen LogP contribution >= 0.6 is 27.5 Å². The van der Waals surface area contributed by atoms with Crippen LogP contribution in [0.5, 0.6) is 5.75 Å². The van der Waals surface area contributed by atoms with Crippen LogP contribution < -0.4 is 4.74 Å². The first-order valence-electron chi connectivity index (χ1n) is 3.78. The Morgan fingerprint density at radius 3 is 2.93 bits per heavy atom. The van der Waals surface area contributed by atoms with Crippen LogP contribution in [0, 0.1) is 0 Å². The second kappa shape index (κ2) is 5.34. The molecular weight excluding hydrogens is 271 g/mol. The average molecular weight is 280 g/mol. The van der Waals surface area contributed by atoms with Gasteiger partial charge in [-0.2, -0.15) is 0 Å². The van der Waals surface area contributed by atoms with Gasteiger partial charge in [-0.3, -0.25) is 0 Å². The Morgan fingerprint density at radius 2 is 2.29 bits per heavy atom. The maximum Gasteiger partial charge on any atom is 0.337 e. The summed E-state index contributed by atoms with van der Waals surface area (Å²) in [5.41, 5.74) is 0. The minimum absolute atomic E-state index is 0.0844. The zero-order chi connectivity index (χ0) is 10.6. The zero-order valence-corrected chi connectivity index (χ0v) is 9.76. The van der Waals surface area contributed by atoms with Crippen LogP contribution in [0.25, 0.3) is 0 Å². The molecule has 0 unspecified atom stereocenters. The molecule has 0 aliphatic carbocycles. The summed E-state index contributed by atoms with van der Waals surface area (Å²) in [5, 5.41) is 0.508. The lowest BCUT2D eigenvalue weighted by Crippen LogP contribution is -2.14. The summed E-state index contributed by atoms with van der Waals surface area (Å²) in [6, 6.07) is 4.95. The van der Waals surface area contributed by atoms with Crippen molar-refractivity contribution in [2.75, 3.05) is 13.7 Å². The largest absolute Gasteiger partial charge is 0.424 e. The van der Waals surface area contributed by atoms with E-state index in [0.29, 0.717) is 15.2 Å². The number of rotatable bonds is 3. The maximum absolute atomic E-state index is 11.1. The second-order valence-electron chi connectivity index (χ2n) is 2.48. The Morgan fingerprint density at radius 1 is 1.57 bits per heavy atom. The molecule has 0 aliphatic rings. The van der Waals surface area contributed by atoms with Crippen molar-refractivity contribution in [2.24, 2.45) is 0 Å². The fourth-order valence-electron chi connectivity index (χ4n) is 0.825. The number of carbonyl (C=O) groups excluding carboxylic acids is 1. The Kier molecular flexibility index (Phi) is 4.38. The van der Waals surface area contributed by atoms with Crippen LogP contribution in [-0.4, -0.2) is 19.7 Å². The topological polar surface area (TPSA) is 35.5 Å². The lowest BCUT2D eigenvalue weighted by atomic mass is 10.3. The van der Waals surface area contributed by atoms with Crippen molar-refractivity contribution in [1.82, 2.24) is 0 Å². The van der Waals surface area contributed by atoms with Crippen LogP contribution in [-0.2, 0) is 9.53 Å². The van der Waals surface area contributed by atoms with Crippen molar-refractivity contribution in [2.45, 2.75) is 0 Å². The molecule has 1 aromatic rings. The molecule has 0 amide bonds. The van der Waals surface area contributed by atoms with Gasteiger partial charge in [0.25, 0.3) is 0 Å². The summed E-state index contributed by atoms with van der Waals surface area (Å²) in [6.07, 6.45) is 0. The third kappa shape index (κ3) is 3.29. The molecule has 0 saturated heterocycles. The summed E-state index contributed by atoms with van der Waals surface area (Å²) in [4.78, 5) is 11.1. The molecule has 3 nitrogen and oxygen atoms in total. The molecule has 0 aromatic heterocycles. The van der Waals surface area contributed by atoms with Gasteiger partial charge in [0.1, 0.15) is 12.4 Å². The van der Waals surface area contributed by atoms with E-state index in [9.17, 15) is 4.79 Å². The normalized spacial score (nSPS) is 9.93. The van der Waals surface area contributed by atoms with Gasteiger partial charge in [-0.1, -0.05) is 11.6 Å². The van der Waals surface area contributed by atoms with Crippen LogP contribution in [0.3, 0.4) is 0 Å². The number of benzene rings is 1. The van der Waals surface area contributed by atoms with Gasteiger partial charge in [0.2, 0.25) is 0 Å². The van der Waals surface area contributed by atoms with E-state index < -0.39 is 5.97 Å². The molecule has 0 aliphatic heterocycles. The highest BCUT2D eigenvalue weighted by Gasteiger charge is 2.07. The number of hydrogen-bond acceptors (Lipinski definition) is 3. The van der Waals surface area contributed by atoms with Gasteiger partial charge >= 0.3 is 5.97 Å². The van der Waals surface area contributed by atoms with Crippen LogP contribution in [0.2, 0.25) is 5.02 Å². The molecule has 0 bridgehead atoms. The third-order valence-corrected chi connectivity index (χ3v) is 2.27.